The summed E-state index contributed by atoms with van der Waals surface area (Å²) < 4.78 is 0. The highest BCUT2D eigenvalue weighted by molar-refractivity contribution is 5.66. The molecule has 1 aliphatic rings. The molecule has 1 fully saturated rings. The molecule has 0 aromatic heterocycles. The molecule has 0 aromatic rings. The van der Waals surface area contributed by atoms with Gasteiger partial charge in [-0.3, -0.25) is 4.79 Å². The lowest BCUT2D eigenvalue weighted by Crippen LogP contribution is -2.20. The molecule has 0 unspecified atom stereocenters. The summed E-state index contributed by atoms with van der Waals surface area (Å²) >= 11 is 0. The Morgan fingerprint density at radius 3 is 2.60 bits per heavy atom. The summed E-state index contributed by atoms with van der Waals surface area (Å²) in [6.07, 6.45) is 12.3. The number of allylic oxidation sites excluding steroid dienone is 2. The zero-order valence-electron chi connectivity index (χ0n) is 15.3. The van der Waals surface area contributed by atoms with Gasteiger partial charge in [-0.1, -0.05) is 50.5 Å². The highest BCUT2D eigenvalue weighted by atomic mass is 16.4. The Hall–Kier alpha value is -1.17. The van der Waals surface area contributed by atoms with Crippen LogP contribution in [0.25, 0.3) is 0 Å². The van der Waals surface area contributed by atoms with Crippen LogP contribution in [0.4, 0.5) is 0 Å². The molecule has 1 aliphatic carbocycles. The van der Waals surface area contributed by atoms with Gasteiger partial charge in [0.1, 0.15) is 0 Å². The average Bonchev–Trinajstić information content (AvgIpc) is 2.82. The van der Waals surface area contributed by atoms with Gasteiger partial charge >= 0.3 is 5.97 Å². The fourth-order valence-electron chi connectivity index (χ4n) is 3.41. The largest absolute Gasteiger partial charge is 0.481 e. The van der Waals surface area contributed by atoms with Crippen LogP contribution in [0.2, 0.25) is 0 Å². The molecule has 0 amide bonds. The van der Waals surface area contributed by atoms with Crippen LogP contribution in [0.5, 0.6) is 0 Å². The van der Waals surface area contributed by atoms with Crippen molar-refractivity contribution >= 4 is 5.97 Å². The van der Waals surface area contributed by atoms with E-state index in [1.165, 1.54) is 0 Å². The van der Waals surface area contributed by atoms with Crippen molar-refractivity contribution < 1.29 is 25.2 Å². The van der Waals surface area contributed by atoms with Crippen molar-refractivity contribution in [2.75, 3.05) is 0 Å². The van der Waals surface area contributed by atoms with Gasteiger partial charge in [-0.15, -0.1) is 0 Å². The van der Waals surface area contributed by atoms with Crippen molar-refractivity contribution in [1.29, 1.82) is 0 Å². The normalized spacial score (nSPS) is 28.2. The Labute approximate surface area is 151 Å². The molecular formula is C20H34O5. The van der Waals surface area contributed by atoms with E-state index in [9.17, 15) is 20.1 Å². The Balaban J connectivity index is 2.46. The second kappa shape index (κ2) is 12.2. The summed E-state index contributed by atoms with van der Waals surface area (Å²) in [4.78, 5) is 10.5. The summed E-state index contributed by atoms with van der Waals surface area (Å²) in [5.74, 6) is -1.00. The number of aliphatic carboxylic acids is 1. The minimum Gasteiger partial charge on any atom is -0.481 e. The summed E-state index contributed by atoms with van der Waals surface area (Å²) in [6.45, 7) is 2.12. The fourth-order valence-corrected chi connectivity index (χ4v) is 3.41. The van der Waals surface area contributed by atoms with Crippen molar-refractivity contribution in [2.24, 2.45) is 11.8 Å². The SMILES string of the molecule is CCCCC[C@@H](O)C=C[C@H]1[C@H](CC=CCCCC(=O)O)[C@H](O)C[C@@H]1O. The van der Waals surface area contributed by atoms with Crippen LogP contribution >= 0.6 is 0 Å². The van der Waals surface area contributed by atoms with Gasteiger partial charge < -0.3 is 20.4 Å². The maximum Gasteiger partial charge on any atom is 0.303 e. The van der Waals surface area contributed by atoms with E-state index < -0.39 is 24.3 Å². The van der Waals surface area contributed by atoms with Crippen molar-refractivity contribution in [3.8, 4) is 0 Å². The molecule has 5 atom stereocenters. The van der Waals surface area contributed by atoms with Gasteiger partial charge in [0, 0.05) is 18.8 Å². The van der Waals surface area contributed by atoms with Crippen LogP contribution in [0.1, 0.15) is 64.7 Å². The zero-order chi connectivity index (χ0) is 18.7. The molecule has 25 heavy (non-hydrogen) atoms. The molecule has 1 rings (SSSR count). The number of rotatable bonds is 12. The second-order valence-corrected chi connectivity index (χ2v) is 7.05. The van der Waals surface area contributed by atoms with Crippen LogP contribution in [0.3, 0.4) is 0 Å². The van der Waals surface area contributed by atoms with Gasteiger partial charge in [0.2, 0.25) is 0 Å². The van der Waals surface area contributed by atoms with Crippen LogP contribution < -0.4 is 0 Å². The topological polar surface area (TPSA) is 98.0 Å². The van der Waals surface area contributed by atoms with Gasteiger partial charge in [0.05, 0.1) is 18.3 Å². The number of carboxylic acids is 1. The molecule has 0 aromatic carbocycles. The van der Waals surface area contributed by atoms with Gasteiger partial charge in [0.25, 0.3) is 0 Å². The maximum atomic E-state index is 10.5. The van der Waals surface area contributed by atoms with Crippen molar-refractivity contribution in [2.45, 2.75) is 83.0 Å². The molecule has 0 bridgehead atoms. The third-order valence-electron chi connectivity index (χ3n) is 4.91. The fraction of sp³-hybridized carbons (Fsp3) is 0.750. The van der Waals surface area contributed by atoms with E-state index in [1.54, 1.807) is 6.08 Å². The van der Waals surface area contributed by atoms with Crippen LogP contribution in [0.15, 0.2) is 24.3 Å². The zero-order valence-corrected chi connectivity index (χ0v) is 15.3. The van der Waals surface area contributed by atoms with Gasteiger partial charge in [-0.05, 0) is 31.6 Å². The van der Waals surface area contributed by atoms with Gasteiger partial charge in [-0.25, -0.2) is 0 Å². The first kappa shape index (κ1) is 21.9. The standard InChI is InChI=1S/C20H34O5/c1-2-3-6-9-15(21)12-13-17-16(18(22)14-19(17)23)10-7-4-5-8-11-20(24)25/h4,7,12-13,15-19,21-23H,2-3,5-6,8-11,14H2,1H3,(H,24,25)/t15-,16+,17+,18-,19+/m1/s1. The third-order valence-corrected chi connectivity index (χ3v) is 4.91. The third kappa shape index (κ3) is 8.66. The number of aliphatic hydroxyl groups is 3. The summed E-state index contributed by atoms with van der Waals surface area (Å²) in [5.41, 5.74) is 0. The molecule has 5 heteroatoms. The van der Waals surface area contributed by atoms with E-state index in [-0.39, 0.29) is 18.3 Å². The van der Waals surface area contributed by atoms with Gasteiger partial charge in [-0.2, -0.15) is 0 Å². The monoisotopic (exact) mass is 354 g/mol. The number of hydrogen-bond acceptors (Lipinski definition) is 4. The molecule has 4 N–H and O–H groups in total. The molecule has 0 aliphatic heterocycles. The Morgan fingerprint density at radius 2 is 1.92 bits per heavy atom. The Bertz CT molecular complexity index is 432. The van der Waals surface area contributed by atoms with Crippen molar-refractivity contribution in [1.82, 2.24) is 0 Å². The van der Waals surface area contributed by atoms with E-state index in [0.717, 1.165) is 25.7 Å². The number of carbonyl (C=O) groups is 1. The van der Waals surface area contributed by atoms with Gasteiger partial charge in [0.15, 0.2) is 0 Å². The van der Waals surface area contributed by atoms with E-state index >= 15 is 0 Å². The number of hydrogen-bond donors (Lipinski definition) is 4. The lowest BCUT2D eigenvalue weighted by atomic mass is 9.89. The summed E-state index contributed by atoms with van der Waals surface area (Å²) in [6, 6.07) is 0. The minimum atomic E-state index is -0.787. The summed E-state index contributed by atoms with van der Waals surface area (Å²) in [5, 5.41) is 39.0. The van der Waals surface area contributed by atoms with E-state index in [4.69, 9.17) is 5.11 Å². The predicted octanol–water partition coefficient (Wildman–Crippen LogP) is 3.04. The predicted molar refractivity (Wildman–Crippen MR) is 98.1 cm³/mol. The first-order valence-corrected chi connectivity index (χ1v) is 9.55. The molecule has 0 spiro atoms. The number of unbranched alkanes of at least 4 members (excludes halogenated alkanes) is 3. The Morgan fingerprint density at radius 1 is 1.16 bits per heavy atom. The highest BCUT2D eigenvalue weighted by Gasteiger charge is 2.39. The van der Waals surface area contributed by atoms with Crippen LogP contribution in [0, 0.1) is 11.8 Å². The first-order chi connectivity index (χ1) is 12.0. The second-order valence-electron chi connectivity index (χ2n) is 7.05. The lowest BCUT2D eigenvalue weighted by molar-refractivity contribution is -0.137. The molecule has 144 valence electrons. The highest BCUT2D eigenvalue weighted by Crippen LogP contribution is 2.36. The first-order valence-electron chi connectivity index (χ1n) is 9.55. The molecule has 0 radical (unpaired) electrons. The maximum absolute atomic E-state index is 10.5. The number of aliphatic hydroxyl groups excluding tert-OH is 3. The molecular weight excluding hydrogens is 320 g/mol. The van der Waals surface area contributed by atoms with Crippen molar-refractivity contribution in [3.05, 3.63) is 24.3 Å². The molecule has 0 saturated heterocycles. The lowest BCUT2D eigenvalue weighted by Gasteiger charge is -2.19. The van der Waals surface area contributed by atoms with Crippen LogP contribution in [-0.2, 0) is 4.79 Å². The van der Waals surface area contributed by atoms with E-state index in [1.807, 2.05) is 18.2 Å². The van der Waals surface area contributed by atoms with Crippen LogP contribution in [-0.4, -0.2) is 44.7 Å². The summed E-state index contributed by atoms with van der Waals surface area (Å²) in [7, 11) is 0. The van der Waals surface area contributed by atoms with E-state index in [0.29, 0.717) is 25.7 Å². The minimum absolute atomic E-state index is 0.0650. The molecule has 0 heterocycles. The Kier molecular flexibility index (Phi) is 10.7. The van der Waals surface area contributed by atoms with Crippen molar-refractivity contribution in [3.63, 3.8) is 0 Å². The van der Waals surface area contributed by atoms with E-state index in [2.05, 4.69) is 6.92 Å². The average molecular weight is 354 g/mol. The quantitative estimate of drug-likeness (QED) is 0.319. The number of carboxylic acid groups (broad SMARTS) is 1. The molecule has 1 saturated carbocycles. The molecule has 5 nitrogen and oxygen atoms in total. The smallest absolute Gasteiger partial charge is 0.303 e.